The number of aliphatic hydroxyl groups is 1. The monoisotopic (exact) mass is 160 g/mol. The third-order valence-corrected chi connectivity index (χ3v) is 1.84. The Bertz CT molecular complexity index is 94.1. The zero-order valence-electron chi connectivity index (χ0n) is 7.75. The molecule has 0 fully saturated rings. The molecule has 0 spiro atoms. The summed E-state index contributed by atoms with van der Waals surface area (Å²) in [6.45, 7) is 2.24. The van der Waals surface area contributed by atoms with E-state index in [9.17, 15) is 0 Å². The summed E-state index contributed by atoms with van der Waals surface area (Å²) in [5.41, 5.74) is 5.65. The van der Waals surface area contributed by atoms with Crippen LogP contribution in [0, 0.1) is 0 Å². The molecule has 3 heteroatoms. The van der Waals surface area contributed by atoms with Crippen LogP contribution in [0.5, 0.6) is 0 Å². The van der Waals surface area contributed by atoms with Crippen molar-refractivity contribution >= 4 is 0 Å². The van der Waals surface area contributed by atoms with E-state index in [1.165, 1.54) is 0 Å². The molecule has 0 radical (unpaired) electrons. The van der Waals surface area contributed by atoms with Crippen LogP contribution in [-0.2, 0) is 0 Å². The topological polar surface area (TPSA) is 49.5 Å². The minimum atomic E-state index is 0.217. The van der Waals surface area contributed by atoms with Gasteiger partial charge in [0.05, 0.1) is 0 Å². The summed E-state index contributed by atoms with van der Waals surface area (Å²) in [4.78, 5) is 2.11. The SMILES string of the molecule is CC(N)CC(CCO)N(C)C. The van der Waals surface area contributed by atoms with E-state index < -0.39 is 0 Å². The molecule has 0 aromatic heterocycles. The van der Waals surface area contributed by atoms with E-state index in [2.05, 4.69) is 4.90 Å². The van der Waals surface area contributed by atoms with Gasteiger partial charge in [-0.1, -0.05) is 0 Å². The van der Waals surface area contributed by atoms with Gasteiger partial charge < -0.3 is 15.7 Å². The Labute approximate surface area is 69.2 Å². The molecule has 0 aliphatic heterocycles. The van der Waals surface area contributed by atoms with Gasteiger partial charge in [0.25, 0.3) is 0 Å². The van der Waals surface area contributed by atoms with Crippen LogP contribution in [0.4, 0.5) is 0 Å². The summed E-state index contributed by atoms with van der Waals surface area (Å²) in [5, 5.41) is 8.73. The summed E-state index contributed by atoms with van der Waals surface area (Å²) in [7, 11) is 4.03. The van der Waals surface area contributed by atoms with Gasteiger partial charge in [-0.05, 0) is 33.9 Å². The van der Waals surface area contributed by atoms with Crippen LogP contribution in [0.1, 0.15) is 19.8 Å². The lowest BCUT2D eigenvalue weighted by molar-refractivity contribution is 0.196. The highest BCUT2D eigenvalue weighted by atomic mass is 16.3. The van der Waals surface area contributed by atoms with E-state index in [4.69, 9.17) is 10.8 Å². The van der Waals surface area contributed by atoms with Crippen molar-refractivity contribution in [3.05, 3.63) is 0 Å². The van der Waals surface area contributed by atoms with Gasteiger partial charge in [-0.2, -0.15) is 0 Å². The van der Waals surface area contributed by atoms with Crippen molar-refractivity contribution in [2.24, 2.45) is 5.73 Å². The summed E-state index contributed by atoms with van der Waals surface area (Å²) >= 11 is 0. The molecule has 0 aliphatic carbocycles. The van der Waals surface area contributed by atoms with E-state index in [1.807, 2.05) is 21.0 Å². The van der Waals surface area contributed by atoms with Crippen molar-refractivity contribution in [3.63, 3.8) is 0 Å². The molecule has 0 bridgehead atoms. The van der Waals surface area contributed by atoms with Crippen LogP contribution in [0.3, 0.4) is 0 Å². The Hall–Kier alpha value is -0.120. The first kappa shape index (κ1) is 10.9. The number of nitrogens with zero attached hydrogens (tertiary/aromatic N) is 1. The first-order valence-electron chi connectivity index (χ1n) is 4.10. The fourth-order valence-corrected chi connectivity index (χ4v) is 1.17. The Kier molecular flexibility index (Phi) is 5.46. The van der Waals surface area contributed by atoms with Gasteiger partial charge in [-0.15, -0.1) is 0 Å². The average molecular weight is 160 g/mol. The molecule has 0 saturated carbocycles. The van der Waals surface area contributed by atoms with Crippen LogP contribution < -0.4 is 5.73 Å². The predicted octanol–water partition coefficient (Wildman–Crippen LogP) is 0.0363. The quantitative estimate of drug-likeness (QED) is 0.597. The van der Waals surface area contributed by atoms with E-state index in [0.717, 1.165) is 12.8 Å². The minimum absolute atomic E-state index is 0.217. The van der Waals surface area contributed by atoms with E-state index in [0.29, 0.717) is 6.04 Å². The fraction of sp³-hybridized carbons (Fsp3) is 1.00. The lowest BCUT2D eigenvalue weighted by Crippen LogP contribution is -2.34. The minimum Gasteiger partial charge on any atom is -0.396 e. The molecular weight excluding hydrogens is 140 g/mol. The van der Waals surface area contributed by atoms with Crippen molar-refractivity contribution in [1.29, 1.82) is 0 Å². The third-order valence-electron chi connectivity index (χ3n) is 1.84. The lowest BCUT2D eigenvalue weighted by Gasteiger charge is -2.24. The zero-order chi connectivity index (χ0) is 8.85. The first-order chi connectivity index (χ1) is 5.07. The highest BCUT2D eigenvalue weighted by Gasteiger charge is 2.11. The smallest absolute Gasteiger partial charge is 0.0445 e. The predicted molar refractivity (Wildman–Crippen MR) is 47.4 cm³/mol. The fourth-order valence-electron chi connectivity index (χ4n) is 1.17. The molecular formula is C8H20N2O. The van der Waals surface area contributed by atoms with Gasteiger partial charge in [0.1, 0.15) is 0 Å². The highest BCUT2D eigenvalue weighted by Crippen LogP contribution is 2.05. The molecule has 11 heavy (non-hydrogen) atoms. The molecule has 0 aliphatic rings. The molecule has 0 heterocycles. The van der Waals surface area contributed by atoms with Crippen LogP contribution in [0.25, 0.3) is 0 Å². The van der Waals surface area contributed by atoms with Crippen LogP contribution >= 0.6 is 0 Å². The number of hydrogen-bond donors (Lipinski definition) is 2. The number of aliphatic hydroxyl groups excluding tert-OH is 1. The Morgan fingerprint density at radius 3 is 2.27 bits per heavy atom. The van der Waals surface area contributed by atoms with Crippen molar-refractivity contribution in [3.8, 4) is 0 Å². The van der Waals surface area contributed by atoms with E-state index in [1.54, 1.807) is 0 Å². The van der Waals surface area contributed by atoms with Gasteiger partial charge in [0.2, 0.25) is 0 Å². The second-order valence-electron chi connectivity index (χ2n) is 3.34. The molecule has 0 rings (SSSR count). The lowest BCUT2D eigenvalue weighted by atomic mass is 10.1. The second-order valence-corrected chi connectivity index (χ2v) is 3.34. The largest absolute Gasteiger partial charge is 0.396 e. The van der Waals surface area contributed by atoms with Gasteiger partial charge in [-0.3, -0.25) is 0 Å². The van der Waals surface area contributed by atoms with Crippen LogP contribution in [0.15, 0.2) is 0 Å². The second kappa shape index (κ2) is 5.52. The number of hydrogen-bond acceptors (Lipinski definition) is 3. The third kappa shape index (κ3) is 5.18. The molecule has 2 unspecified atom stereocenters. The molecule has 0 aromatic carbocycles. The maximum Gasteiger partial charge on any atom is 0.0445 e. The highest BCUT2D eigenvalue weighted by molar-refractivity contribution is 4.70. The van der Waals surface area contributed by atoms with E-state index >= 15 is 0 Å². The molecule has 0 saturated heterocycles. The maximum atomic E-state index is 8.73. The van der Waals surface area contributed by atoms with Crippen molar-refractivity contribution in [2.75, 3.05) is 20.7 Å². The van der Waals surface area contributed by atoms with Gasteiger partial charge in [-0.25, -0.2) is 0 Å². The number of rotatable bonds is 5. The van der Waals surface area contributed by atoms with Crippen molar-refractivity contribution in [2.45, 2.75) is 31.8 Å². The summed E-state index contributed by atoms with van der Waals surface area (Å²) in [6.07, 6.45) is 1.77. The summed E-state index contributed by atoms with van der Waals surface area (Å²) in [6, 6.07) is 0.633. The standard InChI is InChI=1S/C8H20N2O/c1-7(9)6-8(4-5-11)10(2)3/h7-8,11H,4-6,9H2,1-3H3. The van der Waals surface area contributed by atoms with Crippen LogP contribution in [-0.4, -0.2) is 42.8 Å². The summed E-state index contributed by atoms with van der Waals surface area (Å²) < 4.78 is 0. The Morgan fingerprint density at radius 2 is 2.00 bits per heavy atom. The molecule has 2 atom stereocenters. The van der Waals surface area contributed by atoms with Crippen LogP contribution in [0.2, 0.25) is 0 Å². The Morgan fingerprint density at radius 1 is 1.45 bits per heavy atom. The maximum absolute atomic E-state index is 8.73. The van der Waals surface area contributed by atoms with Crippen molar-refractivity contribution < 1.29 is 5.11 Å². The van der Waals surface area contributed by atoms with Crippen molar-refractivity contribution in [1.82, 2.24) is 4.90 Å². The first-order valence-corrected chi connectivity index (χ1v) is 4.10. The van der Waals surface area contributed by atoms with Gasteiger partial charge in [0.15, 0.2) is 0 Å². The molecule has 3 N–H and O–H groups in total. The summed E-state index contributed by atoms with van der Waals surface area (Å²) in [5.74, 6) is 0. The zero-order valence-corrected chi connectivity index (χ0v) is 7.75. The molecule has 0 aromatic rings. The molecule has 3 nitrogen and oxygen atoms in total. The van der Waals surface area contributed by atoms with E-state index in [-0.39, 0.29) is 12.6 Å². The average Bonchev–Trinajstić information content (AvgIpc) is 1.86. The molecule has 68 valence electrons. The normalized spacial score (nSPS) is 16.9. The van der Waals surface area contributed by atoms with Gasteiger partial charge >= 0.3 is 0 Å². The van der Waals surface area contributed by atoms with Gasteiger partial charge in [0, 0.05) is 18.7 Å². The Balaban J connectivity index is 3.69. The molecule has 0 amide bonds. The number of nitrogens with two attached hydrogens (primary N) is 1.